The van der Waals surface area contributed by atoms with Crippen LogP contribution < -0.4 is 0 Å². The lowest BCUT2D eigenvalue weighted by Gasteiger charge is -2.33. The molecular formula is C23H23ClFNO2S. The van der Waals surface area contributed by atoms with Crippen LogP contribution in [-0.2, 0) is 16.0 Å². The fraction of sp³-hybridized carbons (Fsp3) is 0.391. The number of benzene rings is 2. The molecule has 2 aromatic rings. The molecule has 6 heteroatoms. The fourth-order valence-electron chi connectivity index (χ4n) is 3.89. The molecule has 4 rings (SSSR count). The van der Waals surface area contributed by atoms with Gasteiger partial charge in [-0.3, -0.25) is 14.5 Å². The Morgan fingerprint density at radius 3 is 2.59 bits per heavy atom. The minimum atomic E-state index is -0.579. The van der Waals surface area contributed by atoms with Crippen LogP contribution in [0.4, 0.5) is 4.39 Å². The standard InChI is InChI=1S/C23H23ClFNO2S/c1-22(2,3)20(28)26-19(27)10-11-23(21(26)29-23)13-14-4-6-15(7-5-14)17-12-16(24)8-9-18(17)25/h4-9,12,21H,10-11,13H2,1-3H3/t21?,23-/m1/s1. The molecule has 29 heavy (non-hydrogen) atoms. The maximum absolute atomic E-state index is 14.1. The number of carbonyl (C=O) groups excluding carboxylic acids is 2. The molecule has 2 atom stereocenters. The van der Waals surface area contributed by atoms with Crippen molar-refractivity contribution >= 4 is 35.2 Å². The summed E-state index contributed by atoms with van der Waals surface area (Å²) in [5.74, 6) is -0.476. The predicted octanol–water partition coefficient (Wildman–Crippen LogP) is 5.70. The molecule has 2 aliphatic rings. The predicted molar refractivity (Wildman–Crippen MR) is 115 cm³/mol. The maximum atomic E-state index is 14.1. The van der Waals surface area contributed by atoms with Gasteiger partial charge in [-0.15, -0.1) is 11.8 Å². The molecule has 0 N–H and O–H groups in total. The molecule has 0 radical (unpaired) electrons. The number of likely N-dealkylation sites (tertiary alicyclic amines) is 1. The number of piperidine rings is 1. The number of thioether (sulfide) groups is 1. The number of halogens is 2. The smallest absolute Gasteiger partial charge is 0.235 e. The van der Waals surface area contributed by atoms with Crippen LogP contribution in [0.1, 0.15) is 39.2 Å². The summed E-state index contributed by atoms with van der Waals surface area (Å²) in [5.41, 5.74) is 1.79. The van der Waals surface area contributed by atoms with Gasteiger partial charge < -0.3 is 0 Å². The third-order valence-corrected chi connectivity index (χ3v) is 7.47. The summed E-state index contributed by atoms with van der Waals surface area (Å²) in [6.45, 7) is 5.54. The Bertz CT molecular complexity index is 985. The lowest BCUT2D eigenvalue weighted by Crippen LogP contribution is -2.50. The van der Waals surface area contributed by atoms with Gasteiger partial charge in [0.15, 0.2) is 0 Å². The van der Waals surface area contributed by atoms with Crippen LogP contribution in [0.25, 0.3) is 11.1 Å². The van der Waals surface area contributed by atoms with Crippen molar-refractivity contribution in [2.75, 3.05) is 0 Å². The van der Waals surface area contributed by atoms with Gasteiger partial charge in [-0.25, -0.2) is 4.39 Å². The van der Waals surface area contributed by atoms with E-state index in [9.17, 15) is 14.0 Å². The van der Waals surface area contributed by atoms with Crippen LogP contribution in [-0.4, -0.2) is 26.8 Å². The molecule has 0 aliphatic carbocycles. The van der Waals surface area contributed by atoms with E-state index < -0.39 is 5.41 Å². The van der Waals surface area contributed by atoms with Gasteiger partial charge in [0.25, 0.3) is 0 Å². The quantitative estimate of drug-likeness (QED) is 0.585. The lowest BCUT2D eigenvalue weighted by molar-refractivity contribution is -0.152. The SMILES string of the molecule is CC(C)(C)C(=O)N1C(=O)CC[C@]2(Cc3ccc(-c4cc(Cl)ccc4F)cc3)SC12. The molecule has 0 bridgehead atoms. The number of carbonyl (C=O) groups is 2. The molecule has 3 nitrogen and oxygen atoms in total. The Morgan fingerprint density at radius 2 is 1.93 bits per heavy atom. The van der Waals surface area contributed by atoms with Gasteiger partial charge in [0.1, 0.15) is 11.2 Å². The molecule has 1 unspecified atom stereocenters. The number of imide groups is 1. The highest BCUT2D eigenvalue weighted by atomic mass is 35.5. The highest BCUT2D eigenvalue weighted by molar-refractivity contribution is 8.08. The van der Waals surface area contributed by atoms with Crippen LogP contribution >= 0.6 is 23.4 Å². The molecule has 2 saturated heterocycles. The van der Waals surface area contributed by atoms with Crippen molar-refractivity contribution in [2.24, 2.45) is 5.41 Å². The number of fused-ring (bicyclic) bond motifs is 1. The van der Waals surface area contributed by atoms with E-state index >= 15 is 0 Å². The second kappa shape index (κ2) is 7.13. The van der Waals surface area contributed by atoms with Crippen molar-refractivity contribution in [2.45, 2.75) is 50.2 Å². The summed E-state index contributed by atoms with van der Waals surface area (Å²) >= 11 is 7.71. The summed E-state index contributed by atoms with van der Waals surface area (Å²) in [5, 5.41) is 0.414. The van der Waals surface area contributed by atoms with Gasteiger partial charge >= 0.3 is 0 Å². The van der Waals surface area contributed by atoms with E-state index in [1.807, 2.05) is 45.0 Å². The molecule has 2 aromatic carbocycles. The van der Waals surface area contributed by atoms with E-state index in [0.717, 1.165) is 24.0 Å². The highest BCUT2D eigenvalue weighted by Crippen LogP contribution is 2.62. The topological polar surface area (TPSA) is 37.4 Å². The van der Waals surface area contributed by atoms with E-state index in [4.69, 9.17) is 11.6 Å². The summed E-state index contributed by atoms with van der Waals surface area (Å²) in [6, 6.07) is 12.3. The Balaban J connectivity index is 1.52. The Kier molecular flexibility index (Phi) is 5.02. The molecule has 2 fully saturated rings. The molecule has 0 saturated carbocycles. The highest BCUT2D eigenvalue weighted by Gasteiger charge is 2.64. The molecule has 2 heterocycles. The number of hydrogen-bond acceptors (Lipinski definition) is 3. The second-order valence-electron chi connectivity index (χ2n) is 8.85. The average molecular weight is 432 g/mol. The minimum Gasteiger partial charge on any atom is -0.274 e. The first-order chi connectivity index (χ1) is 13.6. The van der Waals surface area contributed by atoms with Crippen molar-refractivity contribution in [1.82, 2.24) is 4.90 Å². The Hall–Kier alpha value is -1.85. The molecule has 152 valence electrons. The lowest BCUT2D eigenvalue weighted by atomic mass is 9.87. The van der Waals surface area contributed by atoms with Crippen LogP contribution in [0, 0.1) is 11.2 Å². The number of nitrogens with zero attached hydrogens (tertiary/aromatic N) is 1. The van der Waals surface area contributed by atoms with E-state index in [2.05, 4.69) is 0 Å². The Morgan fingerprint density at radius 1 is 1.24 bits per heavy atom. The first kappa shape index (κ1) is 20.4. The first-order valence-electron chi connectivity index (χ1n) is 9.69. The van der Waals surface area contributed by atoms with Crippen LogP contribution in [0.5, 0.6) is 0 Å². The number of amides is 2. The van der Waals surface area contributed by atoms with Gasteiger partial charge in [-0.05, 0) is 42.2 Å². The third-order valence-electron chi connectivity index (χ3n) is 5.56. The maximum Gasteiger partial charge on any atom is 0.235 e. The summed E-state index contributed by atoms with van der Waals surface area (Å²) < 4.78 is 14.0. The van der Waals surface area contributed by atoms with Crippen molar-refractivity contribution in [3.05, 3.63) is 58.9 Å². The molecule has 0 spiro atoms. The van der Waals surface area contributed by atoms with Crippen LogP contribution in [0.3, 0.4) is 0 Å². The van der Waals surface area contributed by atoms with Gasteiger partial charge in [-0.1, -0.05) is 56.6 Å². The number of hydrogen-bond donors (Lipinski definition) is 0. The summed E-state index contributed by atoms with van der Waals surface area (Å²) in [6.07, 6.45) is 1.96. The monoisotopic (exact) mass is 431 g/mol. The minimum absolute atomic E-state index is 0.0673. The van der Waals surface area contributed by atoms with E-state index in [1.54, 1.807) is 17.8 Å². The van der Waals surface area contributed by atoms with Crippen molar-refractivity contribution in [3.8, 4) is 11.1 Å². The van der Waals surface area contributed by atoms with Crippen LogP contribution in [0.2, 0.25) is 5.02 Å². The average Bonchev–Trinajstić information content (AvgIpc) is 3.37. The Labute approximate surface area is 179 Å². The summed E-state index contributed by atoms with van der Waals surface area (Å²) in [7, 11) is 0. The largest absolute Gasteiger partial charge is 0.274 e. The third kappa shape index (κ3) is 3.82. The molecule has 0 aromatic heterocycles. The van der Waals surface area contributed by atoms with Crippen LogP contribution in [0.15, 0.2) is 42.5 Å². The molecular weight excluding hydrogens is 409 g/mol. The van der Waals surface area contributed by atoms with Gasteiger partial charge in [0, 0.05) is 22.4 Å². The first-order valence-corrected chi connectivity index (χ1v) is 11.0. The second-order valence-corrected chi connectivity index (χ2v) is 10.8. The molecule has 2 amide bonds. The molecule has 2 aliphatic heterocycles. The van der Waals surface area contributed by atoms with Gasteiger partial charge in [0.05, 0.1) is 4.75 Å². The van der Waals surface area contributed by atoms with E-state index in [-0.39, 0.29) is 27.8 Å². The summed E-state index contributed by atoms with van der Waals surface area (Å²) in [4.78, 5) is 26.7. The van der Waals surface area contributed by atoms with Crippen molar-refractivity contribution in [3.63, 3.8) is 0 Å². The zero-order valence-corrected chi connectivity index (χ0v) is 18.2. The fourth-order valence-corrected chi connectivity index (χ4v) is 5.54. The zero-order chi connectivity index (χ0) is 21.0. The van der Waals surface area contributed by atoms with Gasteiger partial charge in [0.2, 0.25) is 11.8 Å². The van der Waals surface area contributed by atoms with Crippen molar-refractivity contribution < 1.29 is 14.0 Å². The van der Waals surface area contributed by atoms with E-state index in [1.165, 1.54) is 17.0 Å². The normalized spacial score (nSPS) is 23.7. The van der Waals surface area contributed by atoms with Gasteiger partial charge in [-0.2, -0.15) is 0 Å². The zero-order valence-electron chi connectivity index (χ0n) is 16.7. The number of rotatable bonds is 3. The van der Waals surface area contributed by atoms with E-state index in [0.29, 0.717) is 17.0 Å². The van der Waals surface area contributed by atoms with Crippen molar-refractivity contribution in [1.29, 1.82) is 0 Å².